The SMILES string of the molecule is CCOC(=O)/C=C/c1ncc(-c2ccc(CCCCNC(=O)OCc3ccccc3)cc2)cn1. The molecule has 1 heterocycles. The molecule has 7 nitrogen and oxygen atoms in total. The number of amides is 1. The third-order valence-electron chi connectivity index (χ3n) is 4.99. The minimum Gasteiger partial charge on any atom is -0.463 e. The van der Waals surface area contributed by atoms with Crippen LogP contribution >= 0.6 is 0 Å². The number of esters is 1. The van der Waals surface area contributed by atoms with E-state index in [0.717, 1.165) is 36.0 Å². The van der Waals surface area contributed by atoms with Gasteiger partial charge in [-0.3, -0.25) is 0 Å². The first-order valence-corrected chi connectivity index (χ1v) is 11.3. The van der Waals surface area contributed by atoms with Gasteiger partial charge in [-0.1, -0.05) is 54.6 Å². The number of hydrogen-bond acceptors (Lipinski definition) is 6. The zero-order valence-corrected chi connectivity index (χ0v) is 19.3. The molecule has 0 saturated carbocycles. The first-order chi connectivity index (χ1) is 16.6. The predicted molar refractivity (Wildman–Crippen MR) is 131 cm³/mol. The highest BCUT2D eigenvalue weighted by Gasteiger charge is 2.03. The van der Waals surface area contributed by atoms with Gasteiger partial charge in [0.15, 0.2) is 5.82 Å². The molecule has 0 atom stereocenters. The summed E-state index contributed by atoms with van der Waals surface area (Å²) in [4.78, 5) is 31.7. The molecule has 3 aromatic rings. The molecule has 0 aliphatic heterocycles. The number of aryl methyl sites for hydroxylation is 1. The van der Waals surface area contributed by atoms with Crippen molar-refractivity contribution in [1.82, 2.24) is 15.3 Å². The second-order valence-corrected chi connectivity index (χ2v) is 7.56. The number of rotatable bonds is 11. The Balaban J connectivity index is 1.36. The fraction of sp³-hybridized carbons (Fsp3) is 0.259. The summed E-state index contributed by atoms with van der Waals surface area (Å²) >= 11 is 0. The van der Waals surface area contributed by atoms with Crippen LogP contribution in [0.25, 0.3) is 17.2 Å². The van der Waals surface area contributed by atoms with Crippen molar-refractivity contribution in [1.29, 1.82) is 0 Å². The molecule has 1 aromatic heterocycles. The monoisotopic (exact) mass is 459 g/mol. The summed E-state index contributed by atoms with van der Waals surface area (Å²) in [6.45, 7) is 2.95. The van der Waals surface area contributed by atoms with Gasteiger partial charge in [0.05, 0.1) is 6.61 Å². The largest absolute Gasteiger partial charge is 0.463 e. The van der Waals surface area contributed by atoms with Crippen LogP contribution in [0.4, 0.5) is 4.79 Å². The van der Waals surface area contributed by atoms with Crippen LogP contribution in [0.1, 0.15) is 36.7 Å². The van der Waals surface area contributed by atoms with Crippen LogP contribution in [0.5, 0.6) is 0 Å². The van der Waals surface area contributed by atoms with E-state index in [2.05, 4.69) is 27.4 Å². The zero-order valence-electron chi connectivity index (χ0n) is 19.3. The van der Waals surface area contributed by atoms with E-state index in [-0.39, 0.29) is 6.61 Å². The number of nitrogens with zero attached hydrogens (tertiary/aromatic N) is 2. The highest BCUT2D eigenvalue weighted by Crippen LogP contribution is 2.19. The molecule has 1 N–H and O–H groups in total. The average molecular weight is 460 g/mol. The summed E-state index contributed by atoms with van der Waals surface area (Å²) in [6, 6.07) is 17.9. The van der Waals surface area contributed by atoms with E-state index in [9.17, 15) is 9.59 Å². The highest BCUT2D eigenvalue weighted by molar-refractivity contribution is 5.86. The van der Waals surface area contributed by atoms with Crippen LogP contribution in [-0.2, 0) is 27.3 Å². The lowest BCUT2D eigenvalue weighted by atomic mass is 10.0. The van der Waals surface area contributed by atoms with Crippen molar-refractivity contribution in [2.45, 2.75) is 32.8 Å². The van der Waals surface area contributed by atoms with Crippen LogP contribution in [-0.4, -0.2) is 35.2 Å². The number of carbonyl (C=O) groups excluding carboxylic acids is 2. The quantitative estimate of drug-likeness (QED) is 0.247. The topological polar surface area (TPSA) is 90.4 Å². The second-order valence-electron chi connectivity index (χ2n) is 7.56. The Hall–Kier alpha value is -4.00. The van der Waals surface area contributed by atoms with Gasteiger partial charge in [-0.25, -0.2) is 19.6 Å². The Morgan fingerprint density at radius 2 is 1.62 bits per heavy atom. The van der Waals surface area contributed by atoms with Crippen LogP contribution in [0.2, 0.25) is 0 Å². The Kier molecular flexibility index (Phi) is 9.80. The maximum Gasteiger partial charge on any atom is 0.407 e. The molecule has 0 unspecified atom stereocenters. The van der Waals surface area contributed by atoms with E-state index < -0.39 is 12.1 Å². The van der Waals surface area contributed by atoms with Crippen molar-refractivity contribution < 1.29 is 19.1 Å². The number of carbonyl (C=O) groups is 2. The summed E-state index contributed by atoms with van der Waals surface area (Å²) in [5.41, 5.74) is 4.12. The number of hydrogen-bond donors (Lipinski definition) is 1. The summed E-state index contributed by atoms with van der Waals surface area (Å²) in [5, 5.41) is 2.79. The predicted octanol–water partition coefficient (Wildman–Crippen LogP) is 4.97. The van der Waals surface area contributed by atoms with E-state index >= 15 is 0 Å². The molecule has 0 spiro atoms. The molecule has 0 saturated heterocycles. The summed E-state index contributed by atoms with van der Waals surface area (Å²) < 4.78 is 10.0. The molecule has 7 heteroatoms. The lowest BCUT2D eigenvalue weighted by Gasteiger charge is -2.07. The second kappa shape index (κ2) is 13.5. The van der Waals surface area contributed by atoms with Crippen LogP contribution < -0.4 is 5.32 Å². The first-order valence-electron chi connectivity index (χ1n) is 11.3. The Labute approximate surface area is 199 Å². The van der Waals surface area contributed by atoms with E-state index in [1.807, 2.05) is 42.5 Å². The van der Waals surface area contributed by atoms with E-state index in [0.29, 0.717) is 19.0 Å². The molecule has 0 radical (unpaired) electrons. The molecule has 0 aliphatic carbocycles. The smallest absolute Gasteiger partial charge is 0.407 e. The van der Waals surface area contributed by atoms with Crippen molar-refractivity contribution in [3.63, 3.8) is 0 Å². The third kappa shape index (κ3) is 8.50. The first kappa shape index (κ1) is 24.6. The van der Waals surface area contributed by atoms with Gasteiger partial charge in [-0.05, 0) is 49.0 Å². The molecule has 0 fully saturated rings. The average Bonchev–Trinajstić information content (AvgIpc) is 2.87. The normalized spacial score (nSPS) is 10.7. The van der Waals surface area contributed by atoms with Gasteiger partial charge >= 0.3 is 12.1 Å². The Morgan fingerprint density at radius 3 is 2.32 bits per heavy atom. The van der Waals surface area contributed by atoms with Gasteiger partial charge in [0.1, 0.15) is 6.61 Å². The third-order valence-corrected chi connectivity index (χ3v) is 4.99. The molecule has 34 heavy (non-hydrogen) atoms. The zero-order chi connectivity index (χ0) is 24.0. The molecule has 3 rings (SSSR count). The number of benzene rings is 2. The lowest BCUT2D eigenvalue weighted by Crippen LogP contribution is -2.25. The van der Waals surface area contributed by atoms with Gasteiger partial charge in [0, 0.05) is 30.6 Å². The number of nitrogens with one attached hydrogen (secondary N) is 1. The van der Waals surface area contributed by atoms with Gasteiger partial charge < -0.3 is 14.8 Å². The minimum atomic E-state index is -0.412. The van der Waals surface area contributed by atoms with Crippen LogP contribution in [0.3, 0.4) is 0 Å². The van der Waals surface area contributed by atoms with Crippen molar-refractivity contribution in [3.05, 3.63) is 90.0 Å². The van der Waals surface area contributed by atoms with Gasteiger partial charge in [-0.2, -0.15) is 0 Å². The standard InChI is InChI=1S/C27H29N3O4/c1-2-33-26(31)16-15-25-29-18-24(19-30-25)23-13-11-21(12-14-23)8-6-7-17-28-27(32)34-20-22-9-4-3-5-10-22/h3-5,9-16,18-19H,2,6-8,17,20H2,1H3,(H,28,32)/b16-15+. The molecule has 2 aromatic carbocycles. The minimum absolute atomic E-state index is 0.275. The van der Waals surface area contributed by atoms with E-state index in [4.69, 9.17) is 9.47 Å². The molecule has 0 bridgehead atoms. The summed E-state index contributed by atoms with van der Waals surface area (Å²) in [7, 11) is 0. The van der Waals surface area contributed by atoms with Gasteiger partial charge in [0.25, 0.3) is 0 Å². The maximum atomic E-state index is 11.8. The number of aromatic nitrogens is 2. The van der Waals surface area contributed by atoms with Gasteiger partial charge in [0.2, 0.25) is 0 Å². The fourth-order valence-electron chi connectivity index (χ4n) is 3.19. The summed E-state index contributed by atoms with van der Waals surface area (Å²) in [6.07, 6.45) is 8.68. The van der Waals surface area contributed by atoms with Crippen molar-refractivity contribution >= 4 is 18.1 Å². The lowest BCUT2D eigenvalue weighted by molar-refractivity contribution is -0.137. The molecule has 176 valence electrons. The van der Waals surface area contributed by atoms with Crippen molar-refractivity contribution in [3.8, 4) is 11.1 Å². The Morgan fingerprint density at radius 1 is 0.882 bits per heavy atom. The highest BCUT2D eigenvalue weighted by atomic mass is 16.5. The number of ether oxygens (including phenoxy) is 2. The van der Waals surface area contributed by atoms with Crippen molar-refractivity contribution in [2.24, 2.45) is 0 Å². The van der Waals surface area contributed by atoms with Gasteiger partial charge in [-0.15, -0.1) is 0 Å². The maximum absolute atomic E-state index is 11.8. The molecular formula is C27H29N3O4. The molecule has 0 aliphatic rings. The van der Waals surface area contributed by atoms with Crippen molar-refractivity contribution in [2.75, 3.05) is 13.2 Å². The van der Waals surface area contributed by atoms with Crippen LogP contribution in [0, 0.1) is 0 Å². The summed E-state index contributed by atoms with van der Waals surface area (Å²) in [5.74, 6) is 0.0375. The number of alkyl carbamates (subject to hydrolysis) is 1. The van der Waals surface area contributed by atoms with Crippen LogP contribution in [0.15, 0.2) is 73.1 Å². The van der Waals surface area contributed by atoms with E-state index in [1.54, 1.807) is 19.3 Å². The van der Waals surface area contributed by atoms with E-state index in [1.165, 1.54) is 17.7 Å². The Bertz CT molecular complexity index is 1070. The molecular weight excluding hydrogens is 430 g/mol. The number of unbranched alkanes of at least 4 members (excludes halogenated alkanes) is 1. The fourth-order valence-corrected chi connectivity index (χ4v) is 3.19. The molecule has 1 amide bonds.